The first kappa shape index (κ1) is 22.3. The van der Waals surface area contributed by atoms with Crippen molar-refractivity contribution in [3.05, 3.63) is 58.1 Å². The molecule has 30 heavy (non-hydrogen) atoms. The molecule has 0 bridgehead atoms. The van der Waals surface area contributed by atoms with Crippen molar-refractivity contribution < 1.29 is 28.5 Å². The number of hydrogen-bond acceptors (Lipinski definition) is 6. The summed E-state index contributed by atoms with van der Waals surface area (Å²) in [5, 5.41) is 0. The molecule has 1 unspecified atom stereocenters. The molecule has 0 N–H and O–H groups in total. The molecule has 1 fully saturated rings. The van der Waals surface area contributed by atoms with Crippen molar-refractivity contribution in [2.45, 2.75) is 32.8 Å². The van der Waals surface area contributed by atoms with E-state index in [0.717, 1.165) is 12.8 Å². The summed E-state index contributed by atoms with van der Waals surface area (Å²) in [6, 6.07) is 11.4. The highest BCUT2D eigenvalue weighted by atomic mass is 79.9. The van der Waals surface area contributed by atoms with Gasteiger partial charge in [-0.25, -0.2) is 9.59 Å². The summed E-state index contributed by atoms with van der Waals surface area (Å²) in [6.07, 6.45) is 1.83. The van der Waals surface area contributed by atoms with Gasteiger partial charge < -0.3 is 18.9 Å². The molecule has 1 heterocycles. The predicted octanol–water partition coefficient (Wildman–Crippen LogP) is 5.04. The highest BCUT2D eigenvalue weighted by Gasteiger charge is 2.19. The first-order valence-electron chi connectivity index (χ1n) is 9.95. The van der Waals surface area contributed by atoms with Crippen LogP contribution in [0.5, 0.6) is 11.5 Å². The Labute approximate surface area is 184 Å². The lowest BCUT2D eigenvalue weighted by molar-refractivity contribution is 0.0161. The van der Waals surface area contributed by atoms with E-state index >= 15 is 0 Å². The van der Waals surface area contributed by atoms with Crippen LogP contribution in [-0.4, -0.2) is 37.9 Å². The average molecular weight is 477 g/mol. The van der Waals surface area contributed by atoms with Crippen molar-refractivity contribution in [3.63, 3.8) is 0 Å². The molecule has 0 saturated carbocycles. The van der Waals surface area contributed by atoms with Crippen molar-refractivity contribution in [2.24, 2.45) is 5.92 Å². The largest absolute Gasteiger partial charge is 0.492 e. The minimum absolute atomic E-state index is 0.0408. The van der Waals surface area contributed by atoms with Crippen LogP contribution in [-0.2, 0) is 9.47 Å². The van der Waals surface area contributed by atoms with Gasteiger partial charge in [0.15, 0.2) is 0 Å². The van der Waals surface area contributed by atoms with Gasteiger partial charge in [-0.1, -0.05) is 19.9 Å². The van der Waals surface area contributed by atoms with E-state index in [-0.39, 0.29) is 18.5 Å². The Kier molecular flexibility index (Phi) is 7.87. The minimum Gasteiger partial charge on any atom is -0.492 e. The van der Waals surface area contributed by atoms with Gasteiger partial charge in [-0.2, -0.15) is 0 Å². The third kappa shape index (κ3) is 6.31. The first-order chi connectivity index (χ1) is 14.4. The van der Waals surface area contributed by atoms with Gasteiger partial charge >= 0.3 is 11.9 Å². The molecular formula is C23H25BrO6. The van der Waals surface area contributed by atoms with E-state index in [2.05, 4.69) is 29.8 Å². The summed E-state index contributed by atoms with van der Waals surface area (Å²) in [5.41, 5.74) is 0.682. The number of ether oxygens (including phenoxy) is 4. The van der Waals surface area contributed by atoms with E-state index in [1.807, 2.05) is 0 Å². The maximum Gasteiger partial charge on any atom is 0.343 e. The van der Waals surface area contributed by atoms with Crippen LogP contribution in [0, 0.1) is 5.92 Å². The van der Waals surface area contributed by atoms with E-state index in [9.17, 15) is 9.59 Å². The molecule has 7 heteroatoms. The van der Waals surface area contributed by atoms with Crippen LogP contribution in [0.25, 0.3) is 0 Å². The molecule has 0 aromatic heterocycles. The van der Waals surface area contributed by atoms with Gasteiger partial charge in [-0.3, -0.25) is 0 Å². The third-order valence-corrected chi connectivity index (χ3v) is 5.06. The number of rotatable bonds is 8. The lowest BCUT2D eigenvalue weighted by Crippen LogP contribution is -2.18. The van der Waals surface area contributed by atoms with Gasteiger partial charge in [0.05, 0.1) is 28.3 Å². The zero-order valence-electron chi connectivity index (χ0n) is 17.1. The summed E-state index contributed by atoms with van der Waals surface area (Å²) in [5.74, 6) is 0.319. The van der Waals surface area contributed by atoms with Gasteiger partial charge in [0.25, 0.3) is 0 Å². The lowest BCUT2D eigenvalue weighted by Gasteiger charge is -2.12. The second-order valence-corrected chi connectivity index (χ2v) is 8.36. The van der Waals surface area contributed by atoms with Crippen molar-refractivity contribution in [1.82, 2.24) is 0 Å². The molecule has 1 aliphatic heterocycles. The molecule has 1 aliphatic rings. The Hall–Kier alpha value is -2.38. The Morgan fingerprint density at radius 3 is 2.63 bits per heavy atom. The van der Waals surface area contributed by atoms with Crippen LogP contribution in [0.3, 0.4) is 0 Å². The van der Waals surface area contributed by atoms with Gasteiger partial charge in [0, 0.05) is 6.61 Å². The van der Waals surface area contributed by atoms with Gasteiger partial charge in [-0.05, 0) is 71.1 Å². The molecule has 160 valence electrons. The zero-order chi connectivity index (χ0) is 21.5. The predicted molar refractivity (Wildman–Crippen MR) is 115 cm³/mol. The number of carbonyl (C=O) groups is 2. The fourth-order valence-electron chi connectivity index (χ4n) is 2.88. The van der Waals surface area contributed by atoms with Crippen LogP contribution in [0.2, 0.25) is 0 Å². The molecule has 0 radical (unpaired) electrons. The second-order valence-electron chi connectivity index (χ2n) is 7.50. The topological polar surface area (TPSA) is 71.1 Å². The average Bonchev–Trinajstić information content (AvgIpc) is 3.24. The monoisotopic (exact) mass is 476 g/mol. The lowest BCUT2D eigenvalue weighted by atomic mass is 10.2. The smallest absolute Gasteiger partial charge is 0.343 e. The summed E-state index contributed by atoms with van der Waals surface area (Å²) in [6.45, 7) is 5.63. The summed E-state index contributed by atoms with van der Waals surface area (Å²) in [7, 11) is 0. The van der Waals surface area contributed by atoms with Crippen LogP contribution in [0.1, 0.15) is 47.4 Å². The molecule has 2 aromatic rings. The van der Waals surface area contributed by atoms with Crippen molar-refractivity contribution >= 4 is 27.9 Å². The molecule has 1 atom stereocenters. The van der Waals surface area contributed by atoms with E-state index < -0.39 is 11.9 Å². The number of benzene rings is 2. The van der Waals surface area contributed by atoms with Crippen molar-refractivity contribution in [1.29, 1.82) is 0 Å². The summed E-state index contributed by atoms with van der Waals surface area (Å²) >= 11 is 3.42. The fourth-order valence-corrected chi connectivity index (χ4v) is 3.37. The van der Waals surface area contributed by atoms with Gasteiger partial charge in [-0.15, -0.1) is 0 Å². The number of halogens is 1. The van der Waals surface area contributed by atoms with Gasteiger partial charge in [0.2, 0.25) is 0 Å². The molecule has 0 amide bonds. The maximum atomic E-state index is 12.5. The standard InChI is InChI=1S/C23H25BrO6/c1-15(2)13-28-21-9-8-17(12-20(21)24)23(26)30-18-6-3-5-16(11-18)22(25)29-14-19-7-4-10-27-19/h3,5-6,8-9,11-12,15,19H,4,7,10,13-14H2,1-2H3. The molecule has 3 rings (SSSR count). The van der Waals surface area contributed by atoms with Crippen molar-refractivity contribution in [3.8, 4) is 11.5 Å². The zero-order valence-corrected chi connectivity index (χ0v) is 18.6. The van der Waals surface area contributed by atoms with Gasteiger partial charge in [0.1, 0.15) is 18.1 Å². The van der Waals surface area contributed by atoms with E-state index in [1.54, 1.807) is 36.4 Å². The fraction of sp³-hybridized carbons (Fsp3) is 0.391. The van der Waals surface area contributed by atoms with Crippen molar-refractivity contribution in [2.75, 3.05) is 19.8 Å². The normalized spacial score (nSPS) is 15.8. The van der Waals surface area contributed by atoms with Crippen LogP contribution < -0.4 is 9.47 Å². The highest BCUT2D eigenvalue weighted by molar-refractivity contribution is 9.10. The molecule has 2 aromatic carbocycles. The first-order valence-corrected chi connectivity index (χ1v) is 10.7. The molecule has 6 nitrogen and oxygen atoms in total. The van der Waals surface area contributed by atoms with Crippen LogP contribution in [0.15, 0.2) is 46.9 Å². The Morgan fingerprint density at radius 1 is 1.13 bits per heavy atom. The van der Waals surface area contributed by atoms with Crippen LogP contribution in [0.4, 0.5) is 0 Å². The Balaban J connectivity index is 1.60. The molecule has 0 aliphatic carbocycles. The maximum absolute atomic E-state index is 12.5. The third-order valence-electron chi connectivity index (χ3n) is 4.44. The Morgan fingerprint density at radius 2 is 1.93 bits per heavy atom. The molecular weight excluding hydrogens is 452 g/mol. The Bertz CT molecular complexity index is 889. The second kappa shape index (κ2) is 10.6. The number of carbonyl (C=O) groups excluding carboxylic acids is 2. The highest BCUT2D eigenvalue weighted by Crippen LogP contribution is 2.27. The molecule has 1 saturated heterocycles. The summed E-state index contributed by atoms with van der Waals surface area (Å²) in [4.78, 5) is 24.8. The number of esters is 2. The summed E-state index contributed by atoms with van der Waals surface area (Å²) < 4.78 is 22.5. The number of hydrogen-bond donors (Lipinski definition) is 0. The SMILES string of the molecule is CC(C)COc1ccc(C(=O)Oc2cccc(C(=O)OCC3CCCO3)c2)cc1Br. The minimum atomic E-state index is -0.531. The van der Waals surface area contributed by atoms with E-state index in [0.29, 0.717) is 40.5 Å². The van der Waals surface area contributed by atoms with Crippen LogP contribution >= 0.6 is 15.9 Å². The quantitative estimate of drug-likeness (QED) is 0.392. The van der Waals surface area contributed by atoms with E-state index in [1.165, 1.54) is 6.07 Å². The van der Waals surface area contributed by atoms with E-state index in [4.69, 9.17) is 18.9 Å². The molecule has 0 spiro atoms.